The molecule has 29 heavy (non-hydrogen) atoms. The van der Waals surface area contributed by atoms with Crippen molar-refractivity contribution >= 4 is 27.5 Å². The molecule has 3 nitrogen and oxygen atoms in total. The Balaban J connectivity index is 1.60. The zero-order chi connectivity index (χ0) is 20.6. The lowest BCUT2D eigenvalue weighted by atomic mass is 10.0. The maximum Gasteiger partial charge on any atom is 0.309 e. The van der Waals surface area contributed by atoms with Crippen LogP contribution in [0.15, 0.2) is 83.3 Å². The fourth-order valence-electron chi connectivity index (χ4n) is 2.93. The molecule has 0 heterocycles. The van der Waals surface area contributed by atoms with E-state index >= 15 is 0 Å². The van der Waals surface area contributed by atoms with Gasteiger partial charge in [0.2, 0.25) is 0 Å². The van der Waals surface area contributed by atoms with Crippen LogP contribution < -0.4 is 4.74 Å². The molecule has 3 rings (SSSR count). The Morgan fingerprint density at radius 2 is 1.62 bits per heavy atom. The van der Waals surface area contributed by atoms with Crippen molar-refractivity contribution in [3.63, 3.8) is 0 Å². The lowest BCUT2D eigenvalue weighted by Gasteiger charge is -2.08. The molecule has 0 fully saturated rings. The van der Waals surface area contributed by atoms with Crippen LogP contribution in [0, 0.1) is 0 Å². The molecule has 3 aromatic carbocycles. The minimum absolute atomic E-state index is 0.243. The summed E-state index contributed by atoms with van der Waals surface area (Å²) in [5.74, 6) is 0.477. The summed E-state index contributed by atoms with van der Waals surface area (Å²) in [5, 5.41) is 0. The molecule has 0 spiro atoms. The third-order valence-electron chi connectivity index (χ3n) is 4.63. The van der Waals surface area contributed by atoms with Crippen LogP contribution in [0.5, 0.6) is 5.75 Å². The van der Waals surface area contributed by atoms with Gasteiger partial charge in [-0.25, -0.2) is 0 Å². The van der Waals surface area contributed by atoms with Crippen molar-refractivity contribution in [2.24, 2.45) is 0 Å². The Labute approximate surface area is 180 Å². The molecule has 0 saturated heterocycles. The lowest BCUT2D eigenvalue weighted by molar-refractivity contribution is -0.139. The number of ether oxygens (including phenoxy) is 2. The van der Waals surface area contributed by atoms with Gasteiger partial charge in [-0.05, 0) is 65.1 Å². The molecule has 4 heteroatoms. The predicted octanol–water partition coefficient (Wildman–Crippen LogP) is 6.31. The monoisotopic (exact) mass is 450 g/mol. The van der Waals surface area contributed by atoms with Gasteiger partial charge in [-0.1, -0.05) is 64.5 Å². The van der Waals surface area contributed by atoms with Crippen LogP contribution in [-0.4, -0.2) is 19.7 Å². The largest absolute Gasteiger partial charge is 0.490 e. The van der Waals surface area contributed by atoms with E-state index in [-0.39, 0.29) is 12.4 Å². The van der Waals surface area contributed by atoms with Crippen LogP contribution in [0.1, 0.15) is 18.1 Å². The molecule has 148 valence electrons. The van der Waals surface area contributed by atoms with Crippen molar-refractivity contribution in [2.75, 3.05) is 13.7 Å². The molecule has 0 atom stereocenters. The van der Waals surface area contributed by atoms with E-state index in [0.29, 0.717) is 6.61 Å². The molecule has 0 saturated carbocycles. The molecular weight excluding hydrogens is 428 g/mol. The second kappa shape index (κ2) is 10.1. The van der Waals surface area contributed by atoms with Crippen molar-refractivity contribution in [1.82, 2.24) is 0 Å². The highest BCUT2D eigenvalue weighted by molar-refractivity contribution is 9.10. The number of carbonyl (C=O) groups excluding carboxylic acids is 1. The molecular formula is C25H23BrO3. The van der Waals surface area contributed by atoms with Gasteiger partial charge in [0.1, 0.15) is 12.4 Å². The molecule has 0 bridgehead atoms. The topological polar surface area (TPSA) is 35.5 Å². The normalized spacial score (nSPS) is 11.2. The van der Waals surface area contributed by atoms with Gasteiger partial charge in [0, 0.05) is 4.47 Å². The summed E-state index contributed by atoms with van der Waals surface area (Å²) in [6.07, 6.45) is 2.30. The summed E-state index contributed by atoms with van der Waals surface area (Å²) >= 11 is 3.47. The van der Waals surface area contributed by atoms with Gasteiger partial charge in [-0.2, -0.15) is 0 Å². The first-order chi connectivity index (χ1) is 14.0. The number of methoxy groups -OCH3 is 1. The van der Waals surface area contributed by atoms with Gasteiger partial charge in [0.05, 0.1) is 13.5 Å². The van der Waals surface area contributed by atoms with Crippen LogP contribution in [-0.2, 0) is 16.0 Å². The number of esters is 1. The van der Waals surface area contributed by atoms with Crippen molar-refractivity contribution in [1.29, 1.82) is 0 Å². The highest BCUT2D eigenvalue weighted by Gasteiger charge is 2.04. The van der Waals surface area contributed by atoms with Crippen LogP contribution in [0.25, 0.3) is 16.7 Å². The summed E-state index contributed by atoms with van der Waals surface area (Å²) in [4.78, 5) is 11.4. The average Bonchev–Trinajstić information content (AvgIpc) is 2.74. The van der Waals surface area contributed by atoms with E-state index in [9.17, 15) is 4.79 Å². The number of allylic oxidation sites excluding steroid dienone is 1. The number of hydrogen-bond donors (Lipinski definition) is 0. The molecule has 0 aliphatic carbocycles. The summed E-state index contributed by atoms with van der Waals surface area (Å²) in [6, 6.07) is 24.3. The first-order valence-electron chi connectivity index (χ1n) is 9.37. The smallest absolute Gasteiger partial charge is 0.309 e. The number of carbonyl (C=O) groups is 1. The zero-order valence-electron chi connectivity index (χ0n) is 16.5. The van der Waals surface area contributed by atoms with Gasteiger partial charge in [0.25, 0.3) is 0 Å². The van der Waals surface area contributed by atoms with E-state index in [1.807, 2.05) is 36.4 Å². The molecule has 0 aromatic heterocycles. The van der Waals surface area contributed by atoms with Gasteiger partial charge in [-0.15, -0.1) is 0 Å². The van der Waals surface area contributed by atoms with Gasteiger partial charge < -0.3 is 9.47 Å². The van der Waals surface area contributed by atoms with Crippen LogP contribution >= 0.6 is 15.9 Å². The highest BCUT2D eigenvalue weighted by atomic mass is 79.9. The molecule has 3 aromatic rings. The zero-order valence-corrected chi connectivity index (χ0v) is 18.1. The molecule has 0 radical (unpaired) electrons. The fourth-order valence-corrected chi connectivity index (χ4v) is 3.20. The first kappa shape index (κ1) is 20.9. The predicted molar refractivity (Wildman–Crippen MR) is 121 cm³/mol. The number of benzene rings is 3. The first-order valence-corrected chi connectivity index (χ1v) is 10.2. The second-order valence-electron chi connectivity index (χ2n) is 6.68. The van der Waals surface area contributed by atoms with Crippen molar-refractivity contribution in [3.05, 3.63) is 94.5 Å². The Bertz CT molecular complexity index is 989. The van der Waals surface area contributed by atoms with E-state index in [4.69, 9.17) is 9.47 Å². The highest BCUT2D eigenvalue weighted by Crippen LogP contribution is 2.24. The fraction of sp³-hybridized carbons (Fsp3) is 0.160. The summed E-state index contributed by atoms with van der Waals surface area (Å²) in [6.45, 7) is 2.54. The van der Waals surface area contributed by atoms with Crippen molar-refractivity contribution in [3.8, 4) is 16.9 Å². The molecule has 0 N–H and O–H groups in total. The van der Waals surface area contributed by atoms with Crippen molar-refractivity contribution < 1.29 is 14.3 Å². The van der Waals surface area contributed by atoms with Crippen LogP contribution in [0.2, 0.25) is 0 Å². The lowest BCUT2D eigenvalue weighted by Crippen LogP contribution is -2.04. The van der Waals surface area contributed by atoms with E-state index in [0.717, 1.165) is 26.9 Å². The number of halogens is 1. The number of rotatable bonds is 7. The Morgan fingerprint density at radius 1 is 0.966 bits per heavy atom. The molecule has 0 aliphatic heterocycles. The van der Waals surface area contributed by atoms with Gasteiger partial charge in [0.15, 0.2) is 0 Å². The van der Waals surface area contributed by atoms with E-state index in [1.165, 1.54) is 18.2 Å². The Kier molecular flexibility index (Phi) is 7.25. The second-order valence-corrected chi connectivity index (χ2v) is 7.60. The molecule has 0 amide bonds. The SMILES string of the molecule is COC(=O)Cc1cccc(OC/C=C(\C)c2ccc(-c3ccc(Br)cc3)cc2)c1. The van der Waals surface area contributed by atoms with Gasteiger partial charge in [-0.3, -0.25) is 4.79 Å². The number of hydrogen-bond acceptors (Lipinski definition) is 3. The van der Waals surface area contributed by atoms with Crippen LogP contribution in [0.4, 0.5) is 0 Å². The maximum atomic E-state index is 11.4. The van der Waals surface area contributed by atoms with Gasteiger partial charge >= 0.3 is 5.97 Å². The summed E-state index contributed by atoms with van der Waals surface area (Å²) in [5.41, 5.74) is 5.56. The minimum atomic E-state index is -0.260. The van der Waals surface area contributed by atoms with E-state index in [2.05, 4.69) is 65.3 Å². The van der Waals surface area contributed by atoms with E-state index < -0.39 is 0 Å². The minimum Gasteiger partial charge on any atom is -0.490 e. The third-order valence-corrected chi connectivity index (χ3v) is 5.16. The van der Waals surface area contributed by atoms with Crippen LogP contribution in [0.3, 0.4) is 0 Å². The average molecular weight is 451 g/mol. The summed E-state index contributed by atoms with van der Waals surface area (Å²) in [7, 11) is 1.39. The standard InChI is InChI=1S/C25H23BrO3/c1-18(14-15-29-24-5-3-4-19(16-24)17-25(27)28-2)20-6-8-21(9-7-20)22-10-12-23(26)13-11-22/h3-14,16H,15,17H2,1-2H3/b18-14+. The molecule has 0 aliphatic rings. The Hall–Kier alpha value is -2.85. The quantitative estimate of drug-likeness (QED) is 0.395. The third kappa shape index (κ3) is 6.06. The Morgan fingerprint density at radius 3 is 2.28 bits per heavy atom. The van der Waals surface area contributed by atoms with E-state index in [1.54, 1.807) is 0 Å². The molecule has 0 unspecified atom stereocenters. The van der Waals surface area contributed by atoms with Crippen molar-refractivity contribution in [2.45, 2.75) is 13.3 Å². The maximum absolute atomic E-state index is 11.4. The summed E-state index contributed by atoms with van der Waals surface area (Å²) < 4.78 is 11.6.